The highest BCUT2D eigenvalue weighted by Crippen LogP contribution is 2.27. The van der Waals surface area contributed by atoms with Crippen molar-refractivity contribution in [3.8, 4) is 23.0 Å². The van der Waals surface area contributed by atoms with E-state index in [0.29, 0.717) is 22.6 Å². The molecule has 0 aliphatic rings. The number of carbonyl (C=O) groups is 2. The molecule has 0 saturated heterocycles. The Hall–Kier alpha value is -4.86. The Kier molecular flexibility index (Phi) is 9.80. The van der Waals surface area contributed by atoms with Crippen LogP contribution in [0.2, 0.25) is 0 Å². The summed E-state index contributed by atoms with van der Waals surface area (Å²) in [6.45, 7) is 0. The van der Waals surface area contributed by atoms with E-state index in [9.17, 15) is 29.4 Å². The van der Waals surface area contributed by atoms with Gasteiger partial charge in [-0.25, -0.2) is 4.79 Å². The Morgan fingerprint density at radius 2 is 1.31 bits per heavy atom. The highest BCUT2D eigenvalue weighted by molar-refractivity contribution is 6.10. The predicted molar refractivity (Wildman–Crippen MR) is 130 cm³/mol. The van der Waals surface area contributed by atoms with Gasteiger partial charge in [0.15, 0.2) is 34.6 Å². The summed E-state index contributed by atoms with van der Waals surface area (Å²) in [4.78, 5) is 48.5. The number of phenols is 2. The summed E-state index contributed by atoms with van der Waals surface area (Å²) >= 11 is 0. The van der Waals surface area contributed by atoms with Gasteiger partial charge in [0.1, 0.15) is 0 Å². The monoisotopic (exact) mass is 480 g/mol. The Bertz CT molecular complexity index is 1250. The quantitative estimate of drug-likeness (QED) is 0.283. The minimum Gasteiger partial charge on any atom is -0.504 e. The minimum absolute atomic E-state index is 0.00662. The van der Waals surface area contributed by atoms with Gasteiger partial charge in [-0.2, -0.15) is 0 Å². The molecule has 0 amide bonds. The number of carbonyl (C=O) groups excluding carboxylic acids is 2. The second-order valence-corrected chi connectivity index (χ2v) is 6.93. The summed E-state index contributed by atoms with van der Waals surface area (Å²) in [6, 6.07) is 10.6. The van der Waals surface area contributed by atoms with Crippen LogP contribution >= 0.6 is 0 Å². The molecule has 10 heteroatoms. The highest BCUT2D eigenvalue weighted by atomic mass is 16.5. The molecule has 0 radical (unpaired) electrons. The molecule has 2 aromatic carbocycles. The maximum Gasteiger partial charge on any atom is 0.325 e. The molecule has 0 unspecified atom stereocenters. The summed E-state index contributed by atoms with van der Waals surface area (Å²) in [7, 11) is 2.87. The highest BCUT2D eigenvalue weighted by Gasteiger charge is 2.06. The number of ketones is 2. The molecule has 0 saturated carbocycles. The fraction of sp³-hybridized carbons (Fsp3) is 0.120. The number of aromatic amines is 2. The molecule has 4 N–H and O–H groups in total. The van der Waals surface area contributed by atoms with Crippen LogP contribution in [0.3, 0.4) is 0 Å². The summed E-state index contributed by atoms with van der Waals surface area (Å²) < 4.78 is 10.00. The molecular formula is C25H24N2O8. The van der Waals surface area contributed by atoms with Crippen LogP contribution in [-0.2, 0) is 9.59 Å². The van der Waals surface area contributed by atoms with Gasteiger partial charge in [0.25, 0.3) is 5.56 Å². The van der Waals surface area contributed by atoms with Crippen LogP contribution in [0.4, 0.5) is 0 Å². The van der Waals surface area contributed by atoms with E-state index in [-0.39, 0.29) is 35.0 Å². The van der Waals surface area contributed by atoms with Crippen molar-refractivity contribution in [2.24, 2.45) is 0 Å². The lowest BCUT2D eigenvalue weighted by Gasteiger charge is -2.03. The smallest absolute Gasteiger partial charge is 0.325 e. The first-order valence-corrected chi connectivity index (χ1v) is 10.2. The number of nitrogens with one attached hydrogen (secondary N) is 2. The number of rotatable bonds is 8. The molecule has 10 nitrogen and oxygen atoms in total. The Morgan fingerprint density at radius 3 is 1.69 bits per heavy atom. The van der Waals surface area contributed by atoms with E-state index in [2.05, 4.69) is 4.98 Å². The van der Waals surface area contributed by atoms with Crippen molar-refractivity contribution in [3.05, 3.63) is 92.8 Å². The first-order chi connectivity index (χ1) is 16.7. The van der Waals surface area contributed by atoms with Gasteiger partial charge in [-0.3, -0.25) is 19.4 Å². The first kappa shape index (κ1) is 26.4. The summed E-state index contributed by atoms with van der Waals surface area (Å²) in [5, 5.41) is 19.1. The average Bonchev–Trinajstić information content (AvgIpc) is 2.83. The summed E-state index contributed by atoms with van der Waals surface area (Å²) in [6.07, 6.45) is 6.74. The van der Waals surface area contributed by atoms with Crippen LogP contribution in [0.1, 0.15) is 17.5 Å². The van der Waals surface area contributed by atoms with Crippen LogP contribution in [0.15, 0.2) is 70.4 Å². The zero-order chi connectivity index (χ0) is 25.8. The molecule has 1 heterocycles. The summed E-state index contributed by atoms with van der Waals surface area (Å²) in [5.74, 6) is -0.0832. The van der Waals surface area contributed by atoms with Crippen molar-refractivity contribution in [1.29, 1.82) is 0 Å². The first-order valence-electron chi connectivity index (χ1n) is 10.2. The maximum absolute atomic E-state index is 11.9. The Morgan fingerprint density at radius 1 is 0.829 bits per heavy atom. The number of allylic oxidation sites excluding steroid dienone is 2. The number of benzene rings is 2. The lowest BCUT2D eigenvalue weighted by atomic mass is 10.1. The van der Waals surface area contributed by atoms with Gasteiger partial charge in [0.05, 0.1) is 20.6 Å². The Labute approximate surface area is 199 Å². The average molecular weight is 480 g/mol. The van der Waals surface area contributed by atoms with Crippen molar-refractivity contribution in [1.82, 2.24) is 9.97 Å². The minimum atomic E-state index is -0.475. The van der Waals surface area contributed by atoms with E-state index in [1.165, 1.54) is 50.8 Å². The maximum atomic E-state index is 11.9. The number of ether oxygens (including phenoxy) is 2. The molecule has 0 fully saturated rings. The van der Waals surface area contributed by atoms with Crippen molar-refractivity contribution >= 4 is 23.7 Å². The molecule has 0 bridgehead atoms. The number of aromatic nitrogens is 2. The van der Waals surface area contributed by atoms with Gasteiger partial charge in [-0.05, 0) is 47.5 Å². The number of aromatic hydroxyl groups is 2. The molecule has 1 aromatic heterocycles. The van der Waals surface area contributed by atoms with Crippen molar-refractivity contribution in [2.75, 3.05) is 14.2 Å². The third kappa shape index (κ3) is 8.89. The molecular weight excluding hydrogens is 456 g/mol. The third-order valence-electron chi connectivity index (χ3n) is 4.37. The molecule has 182 valence electrons. The number of H-pyrrole nitrogens is 2. The molecule has 0 atom stereocenters. The summed E-state index contributed by atoms with van der Waals surface area (Å²) in [5.41, 5.74) is 0.473. The van der Waals surface area contributed by atoms with Gasteiger partial charge >= 0.3 is 5.69 Å². The molecule has 3 rings (SSSR count). The number of methoxy groups -OCH3 is 2. The van der Waals surface area contributed by atoms with Crippen LogP contribution in [0, 0.1) is 0 Å². The number of hydrogen-bond acceptors (Lipinski definition) is 8. The van der Waals surface area contributed by atoms with Gasteiger partial charge in [-0.15, -0.1) is 0 Å². The van der Waals surface area contributed by atoms with Gasteiger partial charge in [-0.1, -0.05) is 24.3 Å². The zero-order valence-electron chi connectivity index (χ0n) is 19.0. The molecule has 0 aliphatic carbocycles. The molecule has 3 aromatic rings. The molecule has 35 heavy (non-hydrogen) atoms. The largest absolute Gasteiger partial charge is 0.504 e. The van der Waals surface area contributed by atoms with Gasteiger partial charge in [0, 0.05) is 12.3 Å². The lowest BCUT2D eigenvalue weighted by Crippen LogP contribution is -2.19. The Balaban J connectivity index is 0.000000456. The van der Waals surface area contributed by atoms with E-state index >= 15 is 0 Å². The number of hydrogen-bond donors (Lipinski definition) is 4. The SMILES string of the molecule is COc1cc(/C=C/C(=O)CC(=O)/C=C/c2ccc(O)c(OC)c2)ccc1O.O=c1cc[nH]c(=O)[nH]1. The predicted octanol–water partition coefficient (Wildman–Crippen LogP) is 2.43. The second kappa shape index (κ2) is 13.0. The lowest BCUT2D eigenvalue weighted by molar-refractivity contribution is -0.121. The van der Waals surface area contributed by atoms with Crippen LogP contribution in [0.5, 0.6) is 23.0 Å². The molecule has 0 aliphatic heterocycles. The van der Waals surface area contributed by atoms with Crippen molar-refractivity contribution in [2.45, 2.75) is 6.42 Å². The second-order valence-electron chi connectivity index (χ2n) is 6.93. The third-order valence-corrected chi connectivity index (χ3v) is 4.37. The van der Waals surface area contributed by atoms with Gasteiger partial charge < -0.3 is 24.7 Å². The topological polar surface area (TPSA) is 159 Å². The normalized spacial score (nSPS) is 10.6. The van der Waals surface area contributed by atoms with E-state index in [4.69, 9.17) is 9.47 Å². The van der Waals surface area contributed by atoms with Crippen molar-refractivity contribution < 1.29 is 29.3 Å². The van der Waals surface area contributed by atoms with E-state index in [1.54, 1.807) is 36.4 Å². The van der Waals surface area contributed by atoms with E-state index in [1.807, 2.05) is 4.98 Å². The zero-order valence-corrected chi connectivity index (χ0v) is 19.0. The fourth-order valence-electron chi connectivity index (χ4n) is 2.65. The van der Waals surface area contributed by atoms with Crippen LogP contribution in [0.25, 0.3) is 12.2 Å². The van der Waals surface area contributed by atoms with E-state index in [0.717, 1.165) is 0 Å². The standard InChI is InChI=1S/C21H20O6.C4H4N2O2/c1-26-20-11-14(5-9-18(20)24)3-7-16(22)13-17(23)8-4-15-6-10-19(25)21(12-15)27-2;7-3-1-2-5-4(8)6-3/h3-12,24-25H,13H2,1-2H3;1-2H,(H2,5,6,7,8)/b7-3+,8-4+;. The van der Waals surface area contributed by atoms with Crippen molar-refractivity contribution in [3.63, 3.8) is 0 Å². The molecule has 0 spiro atoms. The fourth-order valence-corrected chi connectivity index (χ4v) is 2.65. The van der Waals surface area contributed by atoms with Crippen LogP contribution in [-0.4, -0.2) is 46.0 Å². The van der Waals surface area contributed by atoms with Gasteiger partial charge in [0.2, 0.25) is 0 Å². The van der Waals surface area contributed by atoms with Crippen LogP contribution < -0.4 is 20.7 Å². The number of phenolic OH excluding ortho intramolecular Hbond substituents is 2. The van der Waals surface area contributed by atoms with E-state index < -0.39 is 5.69 Å².